The third-order valence-corrected chi connectivity index (χ3v) is 6.27. The average molecular weight is 345 g/mol. The second-order valence-corrected chi connectivity index (χ2v) is 7.65. The third kappa shape index (κ3) is 2.67. The molecule has 2 aliphatic heterocycles. The first-order valence-corrected chi connectivity index (χ1v) is 9.49. The summed E-state index contributed by atoms with van der Waals surface area (Å²) in [6, 6.07) is 2.02. The molecule has 0 radical (unpaired) electrons. The Balaban J connectivity index is 1.47. The minimum atomic E-state index is 0.187. The Morgan fingerprint density at radius 2 is 2.17 bits per heavy atom. The van der Waals surface area contributed by atoms with E-state index in [2.05, 4.69) is 0 Å². The first kappa shape index (κ1) is 15.8. The molecule has 1 fully saturated rings. The molecule has 2 aliphatic rings. The van der Waals surface area contributed by atoms with Gasteiger partial charge in [-0.2, -0.15) is 5.10 Å². The molecule has 128 valence electrons. The van der Waals surface area contributed by atoms with Crippen molar-refractivity contribution in [2.75, 3.05) is 19.7 Å². The van der Waals surface area contributed by atoms with E-state index in [0.717, 1.165) is 49.4 Å². The van der Waals surface area contributed by atoms with Crippen LogP contribution < -0.4 is 0 Å². The number of carbonyl (C=O) groups is 1. The maximum atomic E-state index is 12.7. The Morgan fingerprint density at radius 3 is 2.88 bits per heavy atom. The van der Waals surface area contributed by atoms with Crippen molar-refractivity contribution in [3.63, 3.8) is 0 Å². The van der Waals surface area contributed by atoms with Gasteiger partial charge in [0.05, 0.1) is 23.8 Å². The number of amides is 1. The maximum absolute atomic E-state index is 12.7. The molecule has 4 rings (SSSR count). The van der Waals surface area contributed by atoms with Gasteiger partial charge < -0.3 is 9.64 Å². The lowest BCUT2D eigenvalue weighted by Gasteiger charge is -2.31. The lowest BCUT2D eigenvalue weighted by atomic mass is 9.90. The summed E-state index contributed by atoms with van der Waals surface area (Å²) in [6.45, 7) is 5.11. The molecule has 1 saturated heterocycles. The number of rotatable bonds is 2. The predicted molar refractivity (Wildman–Crippen MR) is 93.5 cm³/mol. The van der Waals surface area contributed by atoms with Crippen molar-refractivity contribution in [3.05, 3.63) is 38.8 Å². The van der Waals surface area contributed by atoms with E-state index in [-0.39, 0.29) is 5.91 Å². The average Bonchev–Trinajstić information content (AvgIpc) is 3.19. The number of nitrogens with zero attached hydrogens (tertiary/aromatic N) is 3. The van der Waals surface area contributed by atoms with Crippen LogP contribution in [0.5, 0.6) is 0 Å². The molecule has 0 spiro atoms. The normalized spacial score (nSPS) is 18.7. The first-order valence-electron chi connectivity index (χ1n) is 8.61. The molecule has 24 heavy (non-hydrogen) atoms. The van der Waals surface area contributed by atoms with Gasteiger partial charge in [-0.1, -0.05) is 0 Å². The van der Waals surface area contributed by atoms with E-state index >= 15 is 0 Å². The predicted octanol–water partition coefficient (Wildman–Crippen LogP) is 2.88. The Morgan fingerprint density at radius 1 is 1.38 bits per heavy atom. The fourth-order valence-corrected chi connectivity index (χ4v) is 4.75. The summed E-state index contributed by atoms with van der Waals surface area (Å²) in [5.74, 6) is 0.627. The zero-order chi connectivity index (χ0) is 16.7. The van der Waals surface area contributed by atoms with Crippen LogP contribution in [0.2, 0.25) is 0 Å². The molecular weight excluding hydrogens is 322 g/mol. The van der Waals surface area contributed by atoms with Crippen LogP contribution in [0.25, 0.3) is 0 Å². The van der Waals surface area contributed by atoms with Crippen molar-refractivity contribution >= 4 is 17.2 Å². The van der Waals surface area contributed by atoms with Crippen LogP contribution in [-0.4, -0.2) is 40.3 Å². The Labute approximate surface area is 146 Å². The zero-order valence-electron chi connectivity index (χ0n) is 14.2. The SMILES string of the molecule is Cc1ccsc1C(=O)N1CCC(c2nn(C)c3c2COCC3)CC1. The molecule has 0 saturated carbocycles. The monoisotopic (exact) mass is 345 g/mol. The number of aryl methyl sites for hydroxylation is 2. The molecule has 6 heteroatoms. The first-order chi connectivity index (χ1) is 11.6. The van der Waals surface area contributed by atoms with Crippen LogP contribution >= 0.6 is 11.3 Å². The van der Waals surface area contributed by atoms with Crippen LogP contribution in [0.4, 0.5) is 0 Å². The number of carbonyl (C=O) groups excluding carboxylic acids is 1. The summed E-state index contributed by atoms with van der Waals surface area (Å²) in [6.07, 6.45) is 2.92. The number of hydrogen-bond acceptors (Lipinski definition) is 4. The second-order valence-electron chi connectivity index (χ2n) is 6.74. The van der Waals surface area contributed by atoms with E-state index in [1.807, 2.05) is 35.0 Å². The van der Waals surface area contributed by atoms with Gasteiger partial charge in [-0.25, -0.2) is 0 Å². The van der Waals surface area contributed by atoms with Gasteiger partial charge in [0.2, 0.25) is 0 Å². The lowest BCUT2D eigenvalue weighted by Crippen LogP contribution is -2.38. The summed E-state index contributed by atoms with van der Waals surface area (Å²) >= 11 is 1.55. The van der Waals surface area contributed by atoms with E-state index in [0.29, 0.717) is 12.5 Å². The highest BCUT2D eigenvalue weighted by atomic mass is 32.1. The van der Waals surface area contributed by atoms with Crippen molar-refractivity contribution in [3.8, 4) is 0 Å². The standard InChI is InChI=1S/C18H23N3O2S/c1-12-6-10-24-17(12)18(22)21-7-3-13(4-8-21)16-14-11-23-9-5-15(14)20(2)19-16/h6,10,13H,3-5,7-9,11H2,1-2H3. The van der Waals surface area contributed by atoms with Crippen LogP contribution in [0.3, 0.4) is 0 Å². The fourth-order valence-electron chi connectivity index (χ4n) is 3.86. The van der Waals surface area contributed by atoms with Gasteiger partial charge in [0, 0.05) is 43.7 Å². The zero-order valence-corrected chi connectivity index (χ0v) is 15.1. The van der Waals surface area contributed by atoms with E-state index in [1.54, 1.807) is 11.3 Å². The fraction of sp³-hybridized carbons (Fsp3) is 0.556. The van der Waals surface area contributed by atoms with Crippen molar-refractivity contribution in [2.45, 2.75) is 38.7 Å². The van der Waals surface area contributed by atoms with E-state index in [4.69, 9.17) is 9.84 Å². The molecule has 0 bridgehead atoms. The molecule has 0 aromatic carbocycles. The minimum Gasteiger partial charge on any atom is -0.376 e. The molecule has 0 unspecified atom stereocenters. The van der Waals surface area contributed by atoms with Gasteiger partial charge in [0.15, 0.2) is 0 Å². The number of hydrogen-bond donors (Lipinski definition) is 0. The number of piperidine rings is 1. The molecular formula is C18H23N3O2S. The summed E-state index contributed by atoms with van der Waals surface area (Å²) in [4.78, 5) is 15.5. The van der Waals surface area contributed by atoms with Gasteiger partial charge in [-0.05, 0) is 36.8 Å². The largest absolute Gasteiger partial charge is 0.376 e. The number of ether oxygens (including phenoxy) is 1. The van der Waals surface area contributed by atoms with Crippen LogP contribution in [0, 0.1) is 6.92 Å². The molecule has 2 aromatic heterocycles. The maximum Gasteiger partial charge on any atom is 0.264 e. The van der Waals surface area contributed by atoms with Crippen molar-refractivity contribution in [1.82, 2.24) is 14.7 Å². The number of thiophene rings is 1. The van der Waals surface area contributed by atoms with E-state index < -0.39 is 0 Å². The van der Waals surface area contributed by atoms with E-state index in [1.165, 1.54) is 17.0 Å². The summed E-state index contributed by atoms with van der Waals surface area (Å²) in [5, 5.41) is 6.78. The Kier molecular flexibility index (Phi) is 4.18. The topological polar surface area (TPSA) is 47.4 Å². The summed E-state index contributed by atoms with van der Waals surface area (Å²) in [5.41, 5.74) is 4.90. The van der Waals surface area contributed by atoms with Gasteiger partial charge in [-0.15, -0.1) is 11.3 Å². The molecule has 4 heterocycles. The van der Waals surface area contributed by atoms with Gasteiger partial charge in [0.25, 0.3) is 5.91 Å². The smallest absolute Gasteiger partial charge is 0.264 e. The highest BCUT2D eigenvalue weighted by molar-refractivity contribution is 7.12. The van der Waals surface area contributed by atoms with Crippen molar-refractivity contribution in [1.29, 1.82) is 0 Å². The molecule has 0 aliphatic carbocycles. The highest BCUT2D eigenvalue weighted by Gasteiger charge is 2.30. The van der Waals surface area contributed by atoms with Crippen LogP contribution in [-0.2, 0) is 24.8 Å². The quantitative estimate of drug-likeness (QED) is 0.841. The van der Waals surface area contributed by atoms with Crippen LogP contribution in [0.15, 0.2) is 11.4 Å². The van der Waals surface area contributed by atoms with Gasteiger partial charge >= 0.3 is 0 Å². The summed E-state index contributed by atoms with van der Waals surface area (Å²) < 4.78 is 7.67. The van der Waals surface area contributed by atoms with Crippen molar-refractivity contribution < 1.29 is 9.53 Å². The molecule has 0 N–H and O–H groups in total. The van der Waals surface area contributed by atoms with Gasteiger partial charge in [0.1, 0.15) is 0 Å². The number of fused-ring (bicyclic) bond motifs is 1. The Bertz CT molecular complexity index is 756. The molecule has 5 nitrogen and oxygen atoms in total. The molecule has 2 aromatic rings. The van der Waals surface area contributed by atoms with E-state index in [9.17, 15) is 4.79 Å². The molecule has 0 atom stereocenters. The minimum absolute atomic E-state index is 0.187. The molecule has 1 amide bonds. The summed E-state index contributed by atoms with van der Waals surface area (Å²) in [7, 11) is 2.03. The third-order valence-electron chi connectivity index (χ3n) is 5.26. The number of aromatic nitrogens is 2. The van der Waals surface area contributed by atoms with Crippen molar-refractivity contribution in [2.24, 2.45) is 7.05 Å². The van der Waals surface area contributed by atoms with Crippen LogP contribution in [0.1, 0.15) is 50.9 Å². The van der Waals surface area contributed by atoms with Gasteiger partial charge in [-0.3, -0.25) is 9.48 Å². The second kappa shape index (κ2) is 6.33. The highest BCUT2D eigenvalue weighted by Crippen LogP contribution is 2.33. The lowest BCUT2D eigenvalue weighted by molar-refractivity contribution is 0.0714. The number of likely N-dealkylation sites (tertiary alicyclic amines) is 1. The Hall–Kier alpha value is -1.66.